The van der Waals surface area contributed by atoms with Gasteiger partial charge in [-0.05, 0) is 85.2 Å². The van der Waals surface area contributed by atoms with Gasteiger partial charge in [-0.15, -0.1) is 0 Å². The minimum atomic E-state index is -0.327. The molecule has 3 aromatic carbocycles. The highest BCUT2D eigenvalue weighted by molar-refractivity contribution is 7.80. The summed E-state index contributed by atoms with van der Waals surface area (Å²) < 4.78 is 24.3. The topological polar surface area (TPSA) is 66.6 Å². The molecule has 0 saturated carbocycles. The van der Waals surface area contributed by atoms with Gasteiger partial charge < -0.3 is 24.7 Å². The summed E-state index contributed by atoms with van der Waals surface area (Å²) >= 11 is 5.73. The van der Waals surface area contributed by atoms with Crippen molar-refractivity contribution >= 4 is 33.9 Å². The van der Waals surface area contributed by atoms with Gasteiger partial charge in [0.15, 0.2) is 16.6 Å². The van der Waals surface area contributed by atoms with Crippen molar-refractivity contribution in [2.75, 3.05) is 12.1 Å². The van der Waals surface area contributed by atoms with Gasteiger partial charge >= 0.3 is 0 Å². The lowest BCUT2D eigenvalue weighted by atomic mass is 10.0. The number of benzene rings is 3. The second kappa shape index (κ2) is 9.38. The number of thiocarbonyl (C=S) groups is 1. The van der Waals surface area contributed by atoms with Crippen molar-refractivity contribution in [2.24, 2.45) is 0 Å². The molecule has 1 aliphatic rings. The fourth-order valence-corrected chi connectivity index (χ4v) is 4.38. The smallest absolute Gasteiger partial charge is 0.253 e. The lowest BCUT2D eigenvalue weighted by molar-refractivity contribution is 0.174. The first-order valence-corrected chi connectivity index (χ1v) is 11.6. The molecule has 35 heavy (non-hydrogen) atoms. The van der Waals surface area contributed by atoms with Crippen molar-refractivity contribution in [1.29, 1.82) is 0 Å². The number of hydrogen-bond acceptors (Lipinski definition) is 4. The Kier molecular flexibility index (Phi) is 6.13. The van der Waals surface area contributed by atoms with Crippen molar-refractivity contribution in [1.82, 2.24) is 9.88 Å². The van der Waals surface area contributed by atoms with Gasteiger partial charge in [0.1, 0.15) is 5.82 Å². The average molecular weight is 490 g/mol. The zero-order valence-corrected chi connectivity index (χ0v) is 20.2. The number of anilines is 1. The fraction of sp³-hybridized carbons (Fsp3) is 0.185. The lowest BCUT2D eigenvalue weighted by Crippen LogP contribution is -2.35. The average Bonchev–Trinajstić information content (AvgIpc) is 3.31. The number of ether oxygens (including phenoxy) is 2. The number of hydrogen-bond donors (Lipinski definition) is 2. The summed E-state index contributed by atoms with van der Waals surface area (Å²) in [4.78, 5) is 18.0. The number of nitrogens with one attached hydrogen (secondary N) is 2. The van der Waals surface area contributed by atoms with E-state index in [9.17, 15) is 9.18 Å². The normalized spacial score (nSPS) is 12.1. The molecule has 0 fully saturated rings. The Morgan fingerprint density at radius 3 is 2.54 bits per heavy atom. The van der Waals surface area contributed by atoms with Gasteiger partial charge in [-0.1, -0.05) is 18.2 Å². The Balaban J connectivity index is 1.48. The largest absolute Gasteiger partial charge is 0.454 e. The highest BCUT2D eigenvalue weighted by Gasteiger charge is 2.18. The molecule has 2 N–H and O–H groups in total. The van der Waals surface area contributed by atoms with E-state index in [1.165, 1.54) is 12.1 Å². The Hall–Kier alpha value is -3.91. The molecule has 5 rings (SSSR count). The molecule has 1 aromatic heterocycles. The van der Waals surface area contributed by atoms with Gasteiger partial charge in [0, 0.05) is 23.2 Å². The van der Waals surface area contributed by atoms with E-state index in [4.69, 9.17) is 21.7 Å². The van der Waals surface area contributed by atoms with Gasteiger partial charge in [0.05, 0.1) is 12.1 Å². The number of rotatable bonds is 5. The van der Waals surface area contributed by atoms with E-state index in [1.54, 1.807) is 12.1 Å². The molecule has 0 amide bonds. The summed E-state index contributed by atoms with van der Waals surface area (Å²) in [6.45, 7) is 4.90. The third-order valence-corrected chi connectivity index (χ3v) is 6.44. The van der Waals surface area contributed by atoms with Gasteiger partial charge in [-0.3, -0.25) is 4.79 Å². The number of halogens is 1. The molecule has 0 atom stereocenters. The zero-order chi connectivity index (χ0) is 24.5. The third-order valence-electron chi connectivity index (χ3n) is 6.07. The van der Waals surface area contributed by atoms with Crippen LogP contribution in [0.5, 0.6) is 11.5 Å². The maximum atomic E-state index is 13.4. The number of aromatic amines is 1. The van der Waals surface area contributed by atoms with Crippen LogP contribution in [-0.2, 0) is 13.1 Å². The molecule has 8 heteroatoms. The van der Waals surface area contributed by atoms with Crippen molar-refractivity contribution in [3.8, 4) is 11.5 Å². The first-order chi connectivity index (χ1) is 16.9. The molecule has 6 nitrogen and oxygen atoms in total. The van der Waals surface area contributed by atoms with E-state index < -0.39 is 0 Å². The molecule has 0 spiro atoms. The summed E-state index contributed by atoms with van der Waals surface area (Å²) in [5.74, 6) is 1.05. The molecule has 0 bridgehead atoms. The highest BCUT2D eigenvalue weighted by Crippen LogP contribution is 2.33. The van der Waals surface area contributed by atoms with E-state index in [1.807, 2.05) is 55.1 Å². The Morgan fingerprint density at radius 1 is 1.00 bits per heavy atom. The summed E-state index contributed by atoms with van der Waals surface area (Å²) in [7, 11) is 0. The van der Waals surface area contributed by atoms with Crippen LogP contribution in [0.3, 0.4) is 0 Å². The van der Waals surface area contributed by atoms with E-state index in [0.29, 0.717) is 34.4 Å². The van der Waals surface area contributed by atoms with Crippen molar-refractivity contribution in [3.05, 3.63) is 99.1 Å². The number of fused-ring (bicyclic) bond motifs is 2. The molecule has 1 aliphatic heterocycles. The van der Waals surface area contributed by atoms with Gasteiger partial charge in [-0.25, -0.2) is 4.39 Å². The van der Waals surface area contributed by atoms with Crippen LogP contribution in [0.25, 0.3) is 10.9 Å². The van der Waals surface area contributed by atoms with Gasteiger partial charge in [0.2, 0.25) is 6.79 Å². The highest BCUT2D eigenvalue weighted by atomic mass is 32.1. The molecular weight excluding hydrogens is 465 g/mol. The van der Waals surface area contributed by atoms with Crippen molar-refractivity contribution in [2.45, 2.75) is 26.9 Å². The van der Waals surface area contributed by atoms with Crippen LogP contribution in [0.1, 0.15) is 22.3 Å². The van der Waals surface area contributed by atoms with Crippen LogP contribution >= 0.6 is 12.2 Å². The Morgan fingerprint density at radius 2 is 1.74 bits per heavy atom. The minimum absolute atomic E-state index is 0.161. The molecule has 0 saturated heterocycles. The number of aryl methyl sites for hydroxylation is 2. The molecule has 0 unspecified atom stereocenters. The zero-order valence-electron chi connectivity index (χ0n) is 19.4. The van der Waals surface area contributed by atoms with Crippen LogP contribution in [0.15, 0.2) is 65.5 Å². The number of H-pyrrole nitrogens is 1. The quantitative estimate of drug-likeness (QED) is 0.366. The summed E-state index contributed by atoms with van der Waals surface area (Å²) in [6.07, 6.45) is 0. The second-order valence-electron chi connectivity index (χ2n) is 8.59. The van der Waals surface area contributed by atoms with Crippen LogP contribution in [-0.4, -0.2) is 21.8 Å². The first-order valence-electron chi connectivity index (χ1n) is 11.2. The molecule has 0 aliphatic carbocycles. The summed E-state index contributed by atoms with van der Waals surface area (Å²) in [6, 6.07) is 17.7. The predicted octanol–water partition coefficient (Wildman–Crippen LogP) is 5.41. The van der Waals surface area contributed by atoms with Crippen LogP contribution < -0.4 is 20.3 Å². The molecule has 178 valence electrons. The third kappa shape index (κ3) is 4.83. The monoisotopic (exact) mass is 489 g/mol. The minimum Gasteiger partial charge on any atom is -0.454 e. The summed E-state index contributed by atoms with van der Waals surface area (Å²) in [5.41, 5.74) is 4.97. The van der Waals surface area contributed by atoms with Crippen LogP contribution in [0.2, 0.25) is 0 Å². The number of pyridine rings is 1. The van der Waals surface area contributed by atoms with E-state index in [-0.39, 0.29) is 24.7 Å². The maximum Gasteiger partial charge on any atom is 0.253 e. The Labute approximate surface area is 207 Å². The van der Waals surface area contributed by atoms with Gasteiger partial charge in [-0.2, -0.15) is 0 Å². The molecule has 2 heterocycles. The van der Waals surface area contributed by atoms with E-state index in [2.05, 4.69) is 10.3 Å². The SMILES string of the molecule is Cc1ccc(C)c2[nH]c(=O)c(CN(Cc3ccc4c(c3)OCO4)C(=S)Nc3ccc(F)cc3)cc12. The molecule has 4 aromatic rings. The summed E-state index contributed by atoms with van der Waals surface area (Å²) in [5, 5.41) is 4.57. The molecule has 0 radical (unpaired) electrons. The number of nitrogens with zero attached hydrogens (tertiary/aromatic N) is 1. The number of aromatic nitrogens is 1. The molecular formula is C27H24FN3O3S. The predicted molar refractivity (Wildman–Crippen MR) is 138 cm³/mol. The van der Waals surface area contributed by atoms with E-state index >= 15 is 0 Å². The first kappa shape index (κ1) is 22.9. The standard InChI is InChI=1S/C27H24FN3O3S/c1-16-3-4-17(2)25-22(16)12-19(26(32)30-25)14-31(27(35)29-21-8-6-20(28)7-9-21)13-18-5-10-23-24(11-18)34-15-33-23/h3-12H,13-15H2,1-2H3,(H,29,35)(H,30,32). The second-order valence-corrected chi connectivity index (χ2v) is 8.98. The van der Waals surface area contributed by atoms with Gasteiger partial charge in [0.25, 0.3) is 5.56 Å². The van der Waals surface area contributed by atoms with Crippen LogP contribution in [0.4, 0.5) is 10.1 Å². The van der Waals surface area contributed by atoms with Crippen molar-refractivity contribution < 1.29 is 13.9 Å². The lowest BCUT2D eigenvalue weighted by Gasteiger charge is -2.26. The Bertz CT molecular complexity index is 1480. The van der Waals surface area contributed by atoms with Crippen LogP contribution in [0, 0.1) is 19.7 Å². The maximum absolute atomic E-state index is 13.4. The fourth-order valence-electron chi connectivity index (χ4n) is 4.14. The van der Waals surface area contributed by atoms with Crippen molar-refractivity contribution in [3.63, 3.8) is 0 Å². The van der Waals surface area contributed by atoms with E-state index in [0.717, 1.165) is 27.6 Å².